The van der Waals surface area contributed by atoms with Gasteiger partial charge >= 0.3 is 0 Å². The number of hydrogen-bond acceptors (Lipinski definition) is 2. The summed E-state index contributed by atoms with van der Waals surface area (Å²) in [7, 11) is 2.10. The van der Waals surface area contributed by atoms with Gasteiger partial charge in [0.1, 0.15) is 0 Å². The van der Waals surface area contributed by atoms with Crippen LogP contribution in [0.2, 0.25) is 5.02 Å². The van der Waals surface area contributed by atoms with Crippen LogP contribution in [0.3, 0.4) is 0 Å². The zero-order valence-corrected chi connectivity index (χ0v) is 14.0. The molecule has 3 rings (SSSR count). The van der Waals surface area contributed by atoms with Crippen molar-refractivity contribution < 1.29 is 4.79 Å². The number of nitrogens with one attached hydrogen (secondary N) is 1. The summed E-state index contributed by atoms with van der Waals surface area (Å²) in [5.41, 5.74) is 3.59. The molecule has 2 aromatic carbocycles. The van der Waals surface area contributed by atoms with Crippen LogP contribution in [0, 0.1) is 0 Å². The lowest BCUT2D eigenvalue weighted by Gasteiger charge is -2.25. The molecular formula is C19H21ClN2O. The van der Waals surface area contributed by atoms with Gasteiger partial charge in [-0.05, 0) is 49.2 Å². The molecule has 23 heavy (non-hydrogen) atoms. The highest BCUT2D eigenvalue weighted by atomic mass is 35.5. The number of rotatable bonds is 5. The lowest BCUT2D eigenvalue weighted by molar-refractivity contribution is -0.116. The Kier molecular flexibility index (Phi) is 4.99. The summed E-state index contributed by atoms with van der Waals surface area (Å²) >= 11 is 5.93. The summed E-state index contributed by atoms with van der Waals surface area (Å²) in [6.45, 7) is 0.741. The Hall–Kier alpha value is -1.84. The molecule has 1 N–H and O–H groups in total. The molecule has 0 heterocycles. The van der Waals surface area contributed by atoms with E-state index >= 15 is 0 Å². The highest BCUT2D eigenvalue weighted by Crippen LogP contribution is 2.34. The van der Waals surface area contributed by atoms with E-state index in [0.29, 0.717) is 17.5 Å². The zero-order valence-electron chi connectivity index (χ0n) is 13.3. The normalized spacial score (nSPS) is 16.4. The van der Waals surface area contributed by atoms with Gasteiger partial charge in [0.25, 0.3) is 0 Å². The van der Waals surface area contributed by atoms with E-state index in [1.54, 1.807) is 12.1 Å². The number of carbonyl (C=O) groups is 1. The Morgan fingerprint density at radius 1 is 1.26 bits per heavy atom. The topological polar surface area (TPSA) is 32.3 Å². The Labute approximate surface area is 142 Å². The fourth-order valence-electron chi connectivity index (χ4n) is 3.22. The summed E-state index contributed by atoms with van der Waals surface area (Å²) < 4.78 is 0. The van der Waals surface area contributed by atoms with Crippen molar-refractivity contribution in [2.75, 3.05) is 18.9 Å². The number of carbonyl (C=O) groups excluding carboxylic acids is 1. The minimum atomic E-state index is 0.0189. The van der Waals surface area contributed by atoms with Gasteiger partial charge < -0.3 is 5.32 Å². The van der Waals surface area contributed by atoms with Crippen LogP contribution in [-0.4, -0.2) is 24.4 Å². The molecule has 0 aromatic heterocycles. The van der Waals surface area contributed by atoms with Crippen LogP contribution in [0.25, 0.3) is 0 Å². The molecule has 1 amide bonds. The number of hydrogen-bond donors (Lipinski definition) is 1. The van der Waals surface area contributed by atoms with Gasteiger partial charge in [-0.25, -0.2) is 0 Å². The van der Waals surface area contributed by atoms with Crippen LogP contribution in [0.5, 0.6) is 0 Å². The third-order valence-corrected chi connectivity index (χ3v) is 4.67. The lowest BCUT2D eigenvalue weighted by atomic mass is 10.1. The monoisotopic (exact) mass is 328 g/mol. The number of anilines is 1. The van der Waals surface area contributed by atoms with E-state index in [4.69, 9.17) is 11.6 Å². The minimum absolute atomic E-state index is 0.0189. The maximum atomic E-state index is 12.1. The molecule has 0 spiro atoms. The predicted molar refractivity (Wildman–Crippen MR) is 94.8 cm³/mol. The fourth-order valence-corrected chi connectivity index (χ4v) is 3.41. The number of aryl methyl sites for hydroxylation is 1. The van der Waals surface area contributed by atoms with Gasteiger partial charge in [-0.2, -0.15) is 0 Å². The van der Waals surface area contributed by atoms with Gasteiger partial charge in [0, 0.05) is 29.7 Å². The standard InChI is InChI=1S/C19H21ClN2O/c1-22(18-10-9-14-5-2-3-8-17(14)18)12-11-19(23)21-16-7-4-6-15(20)13-16/h2-8,13,18H,9-12H2,1H3,(H,21,23)/t18-/m1/s1. The van der Waals surface area contributed by atoms with Crippen molar-refractivity contribution in [1.82, 2.24) is 4.90 Å². The molecule has 0 aliphatic heterocycles. The van der Waals surface area contributed by atoms with Gasteiger partial charge in [0.2, 0.25) is 5.91 Å². The maximum absolute atomic E-state index is 12.1. The lowest BCUT2D eigenvalue weighted by Crippen LogP contribution is -2.27. The molecule has 0 fully saturated rings. The van der Waals surface area contributed by atoms with Crippen molar-refractivity contribution in [2.45, 2.75) is 25.3 Å². The molecule has 1 atom stereocenters. The molecule has 1 aliphatic rings. The minimum Gasteiger partial charge on any atom is -0.326 e. The largest absolute Gasteiger partial charge is 0.326 e. The van der Waals surface area contributed by atoms with E-state index in [1.807, 2.05) is 12.1 Å². The third-order valence-electron chi connectivity index (χ3n) is 4.43. The van der Waals surface area contributed by atoms with Crippen molar-refractivity contribution in [3.63, 3.8) is 0 Å². The number of fused-ring (bicyclic) bond motifs is 1. The van der Waals surface area contributed by atoms with Crippen molar-refractivity contribution in [3.05, 3.63) is 64.7 Å². The van der Waals surface area contributed by atoms with Crippen molar-refractivity contribution in [2.24, 2.45) is 0 Å². The molecule has 0 saturated heterocycles. The van der Waals surface area contributed by atoms with Gasteiger partial charge in [-0.1, -0.05) is 41.9 Å². The van der Waals surface area contributed by atoms with Crippen molar-refractivity contribution >= 4 is 23.2 Å². The molecule has 0 unspecified atom stereocenters. The van der Waals surface area contributed by atoms with Gasteiger partial charge in [-0.3, -0.25) is 9.69 Å². The fraction of sp³-hybridized carbons (Fsp3) is 0.316. The smallest absolute Gasteiger partial charge is 0.225 e. The van der Waals surface area contributed by atoms with Gasteiger partial charge in [0.15, 0.2) is 0 Å². The molecular weight excluding hydrogens is 308 g/mol. The number of nitrogens with zero attached hydrogens (tertiary/aromatic N) is 1. The van der Waals surface area contributed by atoms with E-state index in [0.717, 1.165) is 25.1 Å². The molecule has 0 radical (unpaired) electrons. The van der Waals surface area contributed by atoms with Crippen LogP contribution >= 0.6 is 11.6 Å². The van der Waals surface area contributed by atoms with Crippen LogP contribution in [0.4, 0.5) is 5.69 Å². The molecule has 1 aliphatic carbocycles. The quantitative estimate of drug-likeness (QED) is 0.888. The number of amides is 1. The third kappa shape index (κ3) is 3.92. The average Bonchev–Trinajstić information content (AvgIpc) is 2.97. The van der Waals surface area contributed by atoms with E-state index < -0.39 is 0 Å². The second kappa shape index (κ2) is 7.16. The zero-order chi connectivity index (χ0) is 16.2. The molecule has 3 nitrogen and oxygen atoms in total. The van der Waals surface area contributed by atoms with E-state index in [-0.39, 0.29) is 5.91 Å². The van der Waals surface area contributed by atoms with E-state index in [2.05, 4.69) is 41.5 Å². The first-order chi connectivity index (χ1) is 11.1. The highest BCUT2D eigenvalue weighted by molar-refractivity contribution is 6.30. The Morgan fingerprint density at radius 2 is 2.09 bits per heavy atom. The van der Waals surface area contributed by atoms with Crippen LogP contribution < -0.4 is 5.32 Å². The highest BCUT2D eigenvalue weighted by Gasteiger charge is 2.25. The first-order valence-corrected chi connectivity index (χ1v) is 8.35. The number of benzene rings is 2. The second-order valence-electron chi connectivity index (χ2n) is 6.04. The summed E-state index contributed by atoms with van der Waals surface area (Å²) in [6, 6.07) is 16.3. The Bertz CT molecular complexity index is 701. The van der Waals surface area contributed by atoms with Crippen LogP contribution in [0.1, 0.15) is 30.0 Å². The number of halogens is 1. The van der Waals surface area contributed by atoms with Gasteiger partial charge in [-0.15, -0.1) is 0 Å². The molecule has 2 aromatic rings. The Morgan fingerprint density at radius 3 is 2.91 bits per heavy atom. The molecule has 0 saturated carbocycles. The maximum Gasteiger partial charge on any atom is 0.225 e. The van der Waals surface area contributed by atoms with Gasteiger partial charge in [0.05, 0.1) is 0 Å². The summed E-state index contributed by atoms with van der Waals surface area (Å²) in [5.74, 6) is 0.0189. The summed E-state index contributed by atoms with van der Waals surface area (Å²) in [5, 5.41) is 3.53. The molecule has 0 bridgehead atoms. The first-order valence-electron chi connectivity index (χ1n) is 7.97. The van der Waals surface area contributed by atoms with Crippen molar-refractivity contribution in [1.29, 1.82) is 0 Å². The molecule has 4 heteroatoms. The van der Waals surface area contributed by atoms with Crippen LogP contribution in [0.15, 0.2) is 48.5 Å². The second-order valence-corrected chi connectivity index (χ2v) is 6.48. The van der Waals surface area contributed by atoms with E-state index in [9.17, 15) is 4.79 Å². The predicted octanol–water partition coefficient (Wildman–Crippen LogP) is 4.29. The summed E-state index contributed by atoms with van der Waals surface area (Å²) in [4.78, 5) is 14.4. The first kappa shape index (κ1) is 16.0. The average molecular weight is 329 g/mol. The van der Waals surface area contributed by atoms with Crippen molar-refractivity contribution in [3.8, 4) is 0 Å². The van der Waals surface area contributed by atoms with Crippen LogP contribution in [-0.2, 0) is 11.2 Å². The van der Waals surface area contributed by atoms with E-state index in [1.165, 1.54) is 11.1 Å². The summed E-state index contributed by atoms with van der Waals surface area (Å²) in [6.07, 6.45) is 2.73. The Balaban J connectivity index is 1.53. The molecule has 120 valence electrons. The SMILES string of the molecule is CN(CCC(=O)Nc1cccc(Cl)c1)[C@@H]1CCc2ccccc21.